The van der Waals surface area contributed by atoms with Gasteiger partial charge in [-0.1, -0.05) is 13.8 Å². The van der Waals surface area contributed by atoms with Gasteiger partial charge in [0, 0.05) is 24.4 Å². The molecule has 1 unspecified atom stereocenters. The lowest BCUT2D eigenvalue weighted by atomic mass is 9.93. The maximum Gasteiger partial charge on any atom is 0.134 e. The maximum absolute atomic E-state index is 5.74. The third kappa shape index (κ3) is 3.16. The molecule has 3 nitrogen and oxygen atoms in total. The average molecular weight is 229 g/mol. The van der Waals surface area contributed by atoms with Crippen LogP contribution in [0.15, 0.2) is 24.5 Å². The van der Waals surface area contributed by atoms with Crippen molar-refractivity contribution in [2.24, 2.45) is 5.41 Å². The van der Waals surface area contributed by atoms with E-state index in [2.05, 4.69) is 24.1 Å². The van der Waals surface area contributed by atoms with E-state index in [0.717, 1.165) is 18.7 Å². The van der Waals surface area contributed by atoms with Gasteiger partial charge >= 0.3 is 0 Å². The molecule has 0 aromatic carbocycles. The van der Waals surface area contributed by atoms with Crippen molar-refractivity contribution in [1.29, 1.82) is 0 Å². The van der Waals surface area contributed by atoms with E-state index in [1.807, 2.05) is 12.1 Å². The van der Waals surface area contributed by atoms with Crippen molar-refractivity contribution in [1.82, 2.24) is 10.3 Å². The van der Waals surface area contributed by atoms with E-state index in [9.17, 15) is 0 Å². The summed E-state index contributed by atoms with van der Waals surface area (Å²) in [6.45, 7) is 6.18. The van der Waals surface area contributed by atoms with Gasteiger partial charge in [-0.2, -0.15) is 0 Å². The van der Waals surface area contributed by atoms with Gasteiger partial charge in [0.2, 0.25) is 0 Å². The van der Waals surface area contributed by atoms with Crippen molar-refractivity contribution < 1.29 is 4.74 Å². The minimum atomic E-state index is 0. The molecule has 1 aromatic heterocycles. The summed E-state index contributed by atoms with van der Waals surface area (Å²) in [6, 6.07) is 3.96. The molecule has 1 aliphatic rings. The number of hydrogen-bond donors (Lipinski definition) is 1. The molecule has 1 atom stereocenters. The van der Waals surface area contributed by atoms with Crippen molar-refractivity contribution in [3.63, 3.8) is 0 Å². The summed E-state index contributed by atoms with van der Waals surface area (Å²) >= 11 is 0. The molecule has 2 rings (SSSR count). The van der Waals surface area contributed by atoms with Crippen molar-refractivity contribution in [3.8, 4) is 0 Å². The molecule has 1 fully saturated rings. The minimum absolute atomic E-state index is 0. The molecule has 1 N–H and O–H groups in total. The van der Waals surface area contributed by atoms with Gasteiger partial charge in [-0.15, -0.1) is 12.4 Å². The molecular formula is C11H17ClN2O. The Morgan fingerprint density at radius 1 is 1.40 bits per heavy atom. The third-order valence-electron chi connectivity index (χ3n) is 2.42. The summed E-state index contributed by atoms with van der Waals surface area (Å²) in [6.07, 6.45) is 3.62. The molecule has 0 amide bonds. The lowest BCUT2D eigenvalue weighted by Crippen LogP contribution is -2.42. The monoisotopic (exact) mass is 228 g/mol. The highest BCUT2D eigenvalue weighted by Gasteiger charge is 2.27. The number of ether oxygens (including phenoxy) is 1. The zero-order valence-corrected chi connectivity index (χ0v) is 9.88. The standard InChI is InChI=1S/C11H16N2O.ClH/c1-11(2)7-13-10(14-8-11)9-3-5-12-6-4-9;/h3-6,10,13H,7-8H2,1-2H3;1H. The first-order valence-electron chi connectivity index (χ1n) is 4.92. The molecule has 0 aliphatic carbocycles. The molecular weight excluding hydrogens is 212 g/mol. The van der Waals surface area contributed by atoms with E-state index < -0.39 is 0 Å². The molecule has 4 heteroatoms. The Morgan fingerprint density at radius 2 is 2.07 bits per heavy atom. The number of pyridine rings is 1. The zero-order valence-electron chi connectivity index (χ0n) is 9.06. The van der Waals surface area contributed by atoms with Crippen molar-refractivity contribution >= 4 is 12.4 Å². The Balaban J connectivity index is 0.00000112. The Kier molecular flexibility index (Phi) is 4.08. The molecule has 0 saturated carbocycles. The fraction of sp³-hybridized carbons (Fsp3) is 0.545. The topological polar surface area (TPSA) is 34.2 Å². The van der Waals surface area contributed by atoms with Crippen LogP contribution in [0, 0.1) is 5.41 Å². The summed E-state index contributed by atoms with van der Waals surface area (Å²) in [5.41, 5.74) is 1.39. The first-order valence-corrected chi connectivity index (χ1v) is 4.92. The van der Waals surface area contributed by atoms with Gasteiger partial charge < -0.3 is 4.74 Å². The SMILES string of the molecule is CC1(C)CNC(c2ccncc2)OC1.Cl. The Morgan fingerprint density at radius 3 is 2.60 bits per heavy atom. The van der Waals surface area contributed by atoms with Crippen LogP contribution < -0.4 is 5.32 Å². The fourth-order valence-electron chi connectivity index (χ4n) is 1.54. The predicted octanol–water partition coefficient (Wildman–Crippen LogP) is 2.15. The summed E-state index contributed by atoms with van der Waals surface area (Å²) in [5.74, 6) is 0. The van der Waals surface area contributed by atoms with Crippen LogP contribution >= 0.6 is 12.4 Å². The van der Waals surface area contributed by atoms with Gasteiger partial charge in [0.15, 0.2) is 0 Å². The van der Waals surface area contributed by atoms with Crippen LogP contribution in [0.4, 0.5) is 0 Å². The quantitative estimate of drug-likeness (QED) is 0.800. The molecule has 0 bridgehead atoms. The first-order chi connectivity index (χ1) is 6.67. The lowest BCUT2D eigenvalue weighted by Gasteiger charge is -2.35. The van der Waals surface area contributed by atoms with Crippen molar-refractivity contribution in [2.75, 3.05) is 13.2 Å². The van der Waals surface area contributed by atoms with E-state index in [4.69, 9.17) is 4.74 Å². The fourth-order valence-corrected chi connectivity index (χ4v) is 1.54. The number of halogens is 1. The molecule has 15 heavy (non-hydrogen) atoms. The molecule has 0 radical (unpaired) electrons. The van der Waals surface area contributed by atoms with E-state index >= 15 is 0 Å². The summed E-state index contributed by atoms with van der Waals surface area (Å²) in [7, 11) is 0. The average Bonchev–Trinajstić information content (AvgIpc) is 2.19. The normalized spacial score (nSPS) is 24.3. The number of rotatable bonds is 1. The first kappa shape index (κ1) is 12.4. The minimum Gasteiger partial charge on any atom is -0.358 e. The second-order valence-electron chi connectivity index (χ2n) is 4.52. The van der Waals surface area contributed by atoms with E-state index in [0.29, 0.717) is 0 Å². The van der Waals surface area contributed by atoms with Crippen LogP contribution in [0.25, 0.3) is 0 Å². The largest absolute Gasteiger partial charge is 0.358 e. The van der Waals surface area contributed by atoms with Crippen LogP contribution in [0.5, 0.6) is 0 Å². The summed E-state index contributed by atoms with van der Waals surface area (Å²) in [4.78, 5) is 3.99. The van der Waals surface area contributed by atoms with Gasteiger partial charge in [-0.25, -0.2) is 0 Å². The number of nitrogens with zero attached hydrogens (tertiary/aromatic N) is 1. The zero-order chi connectivity index (χ0) is 10.0. The van der Waals surface area contributed by atoms with Gasteiger partial charge in [0.1, 0.15) is 6.23 Å². The van der Waals surface area contributed by atoms with Crippen LogP contribution in [0.1, 0.15) is 25.6 Å². The van der Waals surface area contributed by atoms with E-state index in [1.165, 1.54) is 0 Å². The molecule has 1 aliphatic heterocycles. The summed E-state index contributed by atoms with van der Waals surface area (Å²) < 4.78 is 5.74. The molecule has 0 spiro atoms. The second-order valence-corrected chi connectivity index (χ2v) is 4.52. The number of aromatic nitrogens is 1. The van der Waals surface area contributed by atoms with E-state index in [-0.39, 0.29) is 24.0 Å². The molecule has 1 aromatic rings. The molecule has 2 heterocycles. The smallest absolute Gasteiger partial charge is 0.134 e. The van der Waals surface area contributed by atoms with Gasteiger partial charge in [0.05, 0.1) is 6.61 Å². The van der Waals surface area contributed by atoms with Crippen LogP contribution in [0.3, 0.4) is 0 Å². The van der Waals surface area contributed by atoms with Gasteiger partial charge in [0.25, 0.3) is 0 Å². The highest BCUT2D eigenvalue weighted by atomic mass is 35.5. The second kappa shape index (κ2) is 4.92. The maximum atomic E-state index is 5.74. The third-order valence-corrected chi connectivity index (χ3v) is 2.42. The number of hydrogen-bond acceptors (Lipinski definition) is 3. The Bertz CT molecular complexity index is 293. The van der Waals surface area contributed by atoms with E-state index in [1.54, 1.807) is 12.4 Å². The lowest BCUT2D eigenvalue weighted by molar-refractivity contribution is -0.0595. The molecule has 84 valence electrons. The molecule has 1 saturated heterocycles. The highest BCUT2D eigenvalue weighted by molar-refractivity contribution is 5.85. The predicted molar refractivity (Wildman–Crippen MR) is 62.0 cm³/mol. The van der Waals surface area contributed by atoms with Gasteiger partial charge in [-0.05, 0) is 17.7 Å². The number of nitrogens with one attached hydrogen (secondary N) is 1. The Labute approximate surface area is 96.7 Å². The van der Waals surface area contributed by atoms with Crippen LogP contribution in [-0.2, 0) is 4.74 Å². The van der Waals surface area contributed by atoms with Crippen LogP contribution in [0.2, 0.25) is 0 Å². The van der Waals surface area contributed by atoms with Crippen LogP contribution in [-0.4, -0.2) is 18.1 Å². The van der Waals surface area contributed by atoms with Crippen molar-refractivity contribution in [2.45, 2.75) is 20.1 Å². The van der Waals surface area contributed by atoms with Crippen molar-refractivity contribution in [3.05, 3.63) is 30.1 Å². The highest BCUT2D eigenvalue weighted by Crippen LogP contribution is 2.25. The summed E-state index contributed by atoms with van der Waals surface area (Å²) in [5, 5.41) is 3.38. The Hall–Kier alpha value is -0.640. The van der Waals surface area contributed by atoms with Gasteiger partial charge in [-0.3, -0.25) is 10.3 Å².